The molecule has 0 radical (unpaired) electrons. The third-order valence-electron chi connectivity index (χ3n) is 3.58. The van der Waals surface area contributed by atoms with Crippen molar-refractivity contribution in [1.29, 1.82) is 0 Å². The van der Waals surface area contributed by atoms with E-state index in [-0.39, 0.29) is 12.0 Å². The molecule has 0 amide bonds. The molecule has 0 bridgehead atoms. The molecule has 0 fully saturated rings. The number of aromatic amines is 1. The van der Waals surface area contributed by atoms with Crippen LogP contribution in [0.1, 0.15) is 12.6 Å². The monoisotopic (exact) mass is 327 g/mol. The van der Waals surface area contributed by atoms with Crippen LogP contribution in [0.4, 0.5) is 0 Å². The molecule has 24 heavy (non-hydrogen) atoms. The summed E-state index contributed by atoms with van der Waals surface area (Å²) in [5, 5.41) is 2.88. The number of aromatic nitrogens is 3. The number of ether oxygens (including phenoxy) is 2. The van der Waals surface area contributed by atoms with Gasteiger partial charge in [0.2, 0.25) is 0 Å². The molecular formula is C17H17N3O4. The molecule has 3 aromatic rings. The zero-order valence-corrected chi connectivity index (χ0v) is 13.4. The lowest BCUT2D eigenvalue weighted by Gasteiger charge is -2.04. The molecule has 2 heterocycles. The van der Waals surface area contributed by atoms with E-state index >= 15 is 0 Å². The van der Waals surface area contributed by atoms with Crippen molar-refractivity contribution in [3.8, 4) is 16.9 Å². The molecule has 3 rings (SSSR count). The highest BCUT2D eigenvalue weighted by Crippen LogP contribution is 2.24. The van der Waals surface area contributed by atoms with Crippen molar-refractivity contribution in [1.82, 2.24) is 14.6 Å². The van der Waals surface area contributed by atoms with E-state index in [0.29, 0.717) is 17.9 Å². The Morgan fingerprint density at radius 2 is 2.04 bits per heavy atom. The standard InChI is InChI=1S/C17H17N3O4/c1-3-24-16(22)9-12-8-15(21)20-17(19-12)14(10-18-20)11-4-6-13(23-2)7-5-11/h4-8,10,18H,3,9H2,1-2H3. The second-order valence-corrected chi connectivity index (χ2v) is 5.14. The van der Waals surface area contributed by atoms with Gasteiger partial charge < -0.3 is 9.47 Å². The number of H-pyrrole nitrogens is 1. The average molecular weight is 327 g/mol. The van der Waals surface area contributed by atoms with Crippen LogP contribution in [0.15, 0.2) is 41.3 Å². The van der Waals surface area contributed by atoms with E-state index < -0.39 is 5.97 Å². The maximum atomic E-state index is 12.2. The number of nitrogens with one attached hydrogen (secondary N) is 1. The quantitative estimate of drug-likeness (QED) is 0.722. The van der Waals surface area contributed by atoms with Gasteiger partial charge in [0.15, 0.2) is 5.65 Å². The van der Waals surface area contributed by atoms with Crippen LogP contribution in [0.3, 0.4) is 0 Å². The van der Waals surface area contributed by atoms with Crippen molar-refractivity contribution in [3.05, 3.63) is 52.6 Å². The highest BCUT2D eigenvalue weighted by atomic mass is 16.5. The Bertz CT molecular complexity index is 925. The molecule has 0 spiro atoms. The molecule has 0 aliphatic heterocycles. The van der Waals surface area contributed by atoms with E-state index in [1.165, 1.54) is 10.6 Å². The van der Waals surface area contributed by atoms with Gasteiger partial charge in [-0.05, 0) is 24.6 Å². The Morgan fingerprint density at radius 3 is 2.71 bits per heavy atom. The minimum Gasteiger partial charge on any atom is -0.497 e. The molecule has 0 saturated heterocycles. The van der Waals surface area contributed by atoms with Gasteiger partial charge in [-0.1, -0.05) is 12.1 Å². The van der Waals surface area contributed by atoms with Crippen LogP contribution in [0, 0.1) is 0 Å². The summed E-state index contributed by atoms with van der Waals surface area (Å²) >= 11 is 0. The van der Waals surface area contributed by atoms with Gasteiger partial charge in [-0.25, -0.2) is 9.50 Å². The first kappa shape index (κ1) is 15.8. The molecule has 0 aliphatic rings. The van der Waals surface area contributed by atoms with Crippen LogP contribution in [-0.4, -0.2) is 34.3 Å². The van der Waals surface area contributed by atoms with Crippen LogP contribution in [-0.2, 0) is 16.0 Å². The first-order valence-electron chi connectivity index (χ1n) is 7.52. The van der Waals surface area contributed by atoms with Crippen molar-refractivity contribution in [2.45, 2.75) is 13.3 Å². The highest BCUT2D eigenvalue weighted by Gasteiger charge is 2.13. The largest absolute Gasteiger partial charge is 0.497 e. The van der Waals surface area contributed by atoms with Crippen molar-refractivity contribution in [2.75, 3.05) is 13.7 Å². The Labute approximate surface area is 137 Å². The minimum atomic E-state index is -0.407. The molecule has 0 unspecified atom stereocenters. The number of benzene rings is 1. The normalized spacial score (nSPS) is 10.8. The van der Waals surface area contributed by atoms with Gasteiger partial charge in [0.05, 0.1) is 25.8 Å². The van der Waals surface area contributed by atoms with E-state index in [9.17, 15) is 9.59 Å². The maximum absolute atomic E-state index is 12.2. The summed E-state index contributed by atoms with van der Waals surface area (Å²) in [6.45, 7) is 2.03. The van der Waals surface area contributed by atoms with E-state index in [4.69, 9.17) is 9.47 Å². The number of hydrogen-bond donors (Lipinski definition) is 1. The van der Waals surface area contributed by atoms with E-state index in [1.54, 1.807) is 20.2 Å². The molecule has 0 aliphatic carbocycles. The molecular weight excluding hydrogens is 310 g/mol. The first-order valence-corrected chi connectivity index (χ1v) is 7.52. The fourth-order valence-electron chi connectivity index (χ4n) is 2.46. The van der Waals surface area contributed by atoms with Crippen LogP contribution in [0.5, 0.6) is 5.75 Å². The number of hydrogen-bond acceptors (Lipinski definition) is 5. The average Bonchev–Trinajstić information content (AvgIpc) is 2.99. The Kier molecular flexibility index (Phi) is 4.33. The predicted octanol–water partition coefficient (Wildman–Crippen LogP) is 1.80. The number of carbonyl (C=O) groups excluding carboxylic acids is 1. The van der Waals surface area contributed by atoms with Gasteiger partial charge >= 0.3 is 5.97 Å². The van der Waals surface area contributed by atoms with Crippen molar-refractivity contribution in [3.63, 3.8) is 0 Å². The van der Waals surface area contributed by atoms with E-state index in [2.05, 4.69) is 10.1 Å². The third-order valence-corrected chi connectivity index (χ3v) is 3.58. The maximum Gasteiger partial charge on any atom is 0.311 e. The van der Waals surface area contributed by atoms with Crippen LogP contribution in [0.25, 0.3) is 16.8 Å². The Balaban J connectivity index is 2.04. The topological polar surface area (TPSA) is 85.7 Å². The predicted molar refractivity (Wildman–Crippen MR) is 88.1 cm³/mol. The Morgan fingerprint density at radius 1 is 1.29 bits per heavy atom. The summed E-state index contributed by atoms with van der Waals surface area (Å²) in [7, 11) is 1.60. The molecule has 1 aromatic carbocycles. The molecule has 124 valence electrons. The summed E-state index contributed by atoms with van der Waals surface area (Å²) < 4.78 is 11.4. The third kappa shape index (κ3) is 3.01. The number of rotatable bonds is 5. The fraction of sp³-hybridized carbons (Fsp3) is 0.235. The van der Waals surface area contributed by atoms with Gasteiger partial charge in [0.1, 0.15) is 5.75 Å². The number of methoxy groups -OCH3 is 1. The molecule has 0 atom stereocenters. The lowest BCUT2D eigenvalue weighted by molar-refractivity contribution is -0.142. The summed E-state index contributed by atoms with van der Waals surface area (Å²) in [6.07, 6.45) is 1.67. The zero-order valence-electron chi connectivity index (χ0n) is 13.4. The van der Waals surface area contributed by atoms with Crippen molar-refractivity contribution < 1.29 is 14.3 Å². The number of fused-ring (bicyclic) bond motifs is 1. The highest BCUT2D eigenvalue weighted by molar-refractivity contribution is 5.78. The van der Waals surface area contributed by atoms with Gasteiger partial charge in [-0.2, -0.15) is 0 Å². The molecule has 0 saturated carbocycles. The second kappa shape index (κ2) is 6.57. The summed E-state index contributed by atoms with van der Waals surface area (Å²) in [4.78, 5) is 28.3. The Hall–Kier alpha value is -3.09. The number of carbonyl (C=O) groups is 1. The SMILES string of the molecule is CCOC(=O)Cc1cc(=O)n2[nH]cc(-c3ccc(OC)cc3)c2n1. The van der Waals surface area contributed by atoms with Crippen molar-refractivity contribution >= 4 is 11.6 Å². The minimum absolute atomic E-state index is 0.0349. The lowest BCUT2D eigenvalue weighted by Crippen LogP contribution is -2.18. The van der Waals surface area contributed by atoms with Crippen molar-refractivity contribution in [2.24, 2.45) is 0 Å². The zero-order chi connectivity index (χ0) is 17.1. The fourth-order valence-corrected chi connectivity index (χ4v) is 2.46. The molecule has 1 N–H and O–H groups in total. The van der Waals surface area contributed by atoms with E-state index in [1.807, 2.05) is 24.3 Å². The number of nitrogens with zero attached hydrogens (tertiary/aromatic N) is 2. The molecule has 7 heteroatoms. The smallest absolute Gasteiger partial charge is 0.311 e. The van der Waals surface area contributed by atoms with Crippen LogP contribution < -0.4 is 10.3 Å². The van der Waals surface area contributed by atoms with Gasteiger partial charge in [-0.15, -0.1) is 0 Å². The van der Waals surface area contributed by atoms with Gasteiger partial charge in [0, 0.05) is 17.8 Å². The molecule has 7 nitrogen and oxygen atoms in total. The lowest BCUT2D eigenvalue weighted by atomic mass is 10.1. The number of esters is 1. The van der Waals surface area contributed by atoms with Gasteiger partial charge in [0.25, 0.3) is 5.56 Å². The van der Waals surface area contributed by atoms with Crippen LogP contribution in [0.2, 0.25) is 0 Å². The molecule has 2 aromatic heterocycles. The summed E-state index contributed by atoms with van der Waals surface area (Å²) in [5.74, 6) is 0.335. The van der Waals surface area contributed by atoms with Crippen LogP contribution >= 0.6 is 0 Å². The summed E-state index contributed by atoms with van der Waals surface area (Å²) in [5.41, 5.74) is 2.22. The second-order valence-electron chi connectivity index (χ2n) is 5.14. The first-order chi connectivity index (χ1) is 11.6. The van der Waals surface area contributed by atoms with Gasteiger partial charge in [-0.3, -0.25) is 14.7 Å². The van der Waals surface area contributed by atoms with E-state index in [0.717, 1.165) is 16.9 Å². The summed E-state index contributed by atoms with van der Waals surface area (Å²) in [6, 6.07) is 8.76.